The fourth-order valence-corrected chi connectivity index (χ4v) is 3.01. The van der Waals surface area contributed by atoms with Crippen LogP contribution in [0.4, 0.5) is 0 Å². The summed E-state index contributed by atoms with van der Waals surface area (Å²) >= 11 is 0. The first-order chi connectivity index (χ1) is 14.4. The van der Waals surface area contributed by atoms with E-state index >= 15 is 0 Å². The average molecular weight is 396 g/mol. The van der Waals surface area contributed by atoms with Gasteiger partial charge in [-0.2, -0.15) is 0 Å². The summed E-state index contributed by atoms with van der Waals surface area (Å²) in [6.07, 6.45) is 0. The molecule has 0 amide bonds. The minimum absolute atomic E-state index is 0.537. The summed E-state index contributed by atoms with van der Waals surface area (Å²) in [5.74, 6) is 0. The lowest BCUT2D eigenvalue weighted by Gasteiger charge is -2.07. The zero-order chi connectivity index (χ0) is 19.7. The van der Waals surface area contributed by atoms with Crippen molar-refractivity contribution in [3.63, 3.8) is 0 Å². The van der Waals surface area contributed by atoms with Crippen LogP contribution in [0.2, 0.25) is 0 Å². The molecule has 0 saturated carbocycles. The summed E-state index contributed by atoms with van der Waals surface area (Å²) in [6, 6.07) is 15.8. The van der Waals surface area contributed by atoms with Crippen LogP contribution in [0.1, 0.15) is 0 Å². The highest BCUT2D eigenvalue weighted by Crippen LogP contribution is 2.10. The van der Waals surface area contributed by atoms with E-state index in [4.69, 9.17) is 14.2 Å². The molecule has 0 unspecified atom stereocenters. The first kappa shape index (κ1) is 19.4. The second-order valence-corrected chi connectivity index (χ2v) is 6.44. The van der Waals surface area contributed by atoms with Gasteiger partial charge in [-0.1, -0.05) is 34.7 Å². The SMILES string of the molecule is c1ccc2c(c1)nnn2CCOCCOCCOCCn1nnc2ccccc21. The first-order valence-electron chi connectivity index (χ1n) is 9.71. The van der Waals surface area contributed by atoms with E-state index in [2.05, 4.69) is 20.6 Å². The van der Waals surface area contributed by atoms with E-state index in [0.717, 1.165) is 22.1 Å². The number of para-hydroxylation sites is 2. The second-order valence-electron chi connectivity index (χ2n) is 6.44. The number of fused-ring (bicyclic) bond motifs is 2. The highest BCUT2D eigenvalue weighted by molar-refractivity contribution is 5.74. The molecule has 0 spiro atoms. The van der Waals surface area contributed by atoms with E-state index in [9.17, 15) is 0 Å². The van der Waals surface area contributed by atoms with Crippen molar-refractivity contribution in [2.45, 2.75) is 13.1 Å². The van der Waals surface area contributed by atoms with Crippen LogP contribution in [-0.2, 0) is 27.3 Å². The minimum Gasteiger partial charge on any atom is -0.377 e. The lowest BCUT2D eigenvalue weighted by Crippen LogP contribution is -2.14. The molecular formula is C20H24N6O3. The Morgan fingerprint density at radius 2 is 0.966 bits per heavy atom. The van der Waals surface area contributed by atoms with Crippen molar-refractivity contribution in [3.05, 3.63) is 48.5 Å². The number of benzene rings is 2. The van der Waals surface area contributed by atoms with Gasteiger partial charge in [0.2, 0.25) is 0 Å². The number of rotatable bonds is 12. The number of ether oxygens (including phenoxy) is 3. The van der Waals surface area contributed by atoms with Crippen molar-refractivity contribution in [2.75, 3.05) is 39.6 Å². The number of hydrogen-bond acceptors (Lipinski definition) is 7. The zero-order valence-electron chi connectivity index (χ0n) is 16.2. The van der Waals surface area contributed by atoms with E-state index in [-0.39, 0.29) is 0 Å². The van der Waals surface area contributed by atoms with Gasteiger partial charge in [0, 0.05) is 0 Å². The quantitative estimate of drug-likeness (QED) is 0.338. The third-order valence-electron chi connectivity index (χ3n) is 4.48. The minimum atomic E-state index is 0.537. The molecule has 152 valence electrons. The van der Waals surface area contributed by atoms with Crippen molar-refractivity contribution in [2.24, 2.45) is 0 Å². The molecule has 0 aliphatic heterocycles. The predicted octanol–water partition coefficient (Wildman–Crippen LogP) is 1.93. The first-order valence-corrected chi connectivity index (χ1v) is 9.71. The van der Waals surface area contributed by atoms with Crippen molar-refractivity contribution >= 4 is 22.1 Å². The lowest BCUT2D eigenvalue weighted by atomic mass is 10.3. The van der Waals surface area contributed by atoms with Crippen molar-refractivity contribution < 1.29 is 14.2 Å². The summed E-state index contributed by atoms with van der Waals surface area (Å²) < 4.78 is 20.4. The summed E-state index contributed by atoms with van der Waals surface area (Å²) in [5.41, 5.74) is 3.83. The van der Waals surface area contributed by atoms with Gasteiger partial charge in [0.05, 0.1) is 63.8 Å². The Labute approximate surface area is 168 Å². The molecule has 9 nitrogen and oxygen atoms in total. The van der Waals surface area contributed by atoms with E-state index in [1.165, 1.54) is 0 Å². The van der Waals surface area contributed by atoms with Crippen LogP contribution in [0.3, 0.4) is 0 Å². The Hall–Kier alpha value is -2.88. The molecule has 0 fully saturated rings. The van der Waals surface area contributed by atoms with Gasteiger partial charge in [-0.3, -0.25) is 0 Å². The van der Waals surface area contributed by atoms with E-state index in [1.807, 2.05) is 57.9 Å². The monoisotopic (exact) mass is 396 g/mol. The molecule has 29 heavy (non-hydrogen) atoms. The maximum atomic E-state index is 5.60. The second kappa shape index (κ2) is 10.1. The van der Waals surface area contributed by atoms with Gasteiger partial charge >= 0.3 is 0 Å². The summed E-state index contributed by atoms with van der Waals surface area (Å²) in [7, 11) is 0. The van der Waals surface area contributed by atoms with Crippen LogP contribution in [0.15, 0.2) is 48.5 Å². The fraction of sp³-hybridized carbons (Fsp3) is 0.400. The van der Waals surface area contributed by atoms with Crippen LogP contribution < -0.4 is 0 Å². The van der Waals surface area contributed by atoms with E-state index in [1.54, 1.807) is 0 Å². The number of aromatic nitrogens is 6. The Morgan fingerprint density at radius 1 is 0.552 bits per heavy atom. The van der Waals surface area contributed by atoms with Gasteiger partial charge in [-0.15, -0.1) is 10.2 Å². The van der Waals surface area contributed by atoms with Crippen LogP contribution in [0.5, 0.6) is 0 Å². The van der Waals surface area contributed by atoms with Crippen LogP contribution >= 0.6 is 0 Å². The Balaban J connectivity index is 1.02. The highest BCUT2D eigenvalue weighted by Gasteiger charge is 2.03. The third-order valence-corrected chi connectivity index (χ3v) is 4.48. The van der Waals surface area contributed by atoms with Crippen molar-refractivity contribution in [1.82, 2.24) is 30.0 Å². The number of hydrogen-bond donors (Lipinski definition) is 0. The highest BCUT2D eigenvalue weighted by atomic mass is 16.5. The van der Waals surface area contributed by atoms with Crippen LogP contribution in [0, 0.1) is 0 Å². The van der Waals surface area contributed by atoms with Gasteiger partial charge in [0.1, 0.15) is 11.0 Å². The topological polar surface area (TPSA) is 89.1 Å². The third kappa shape index (κ3) is 5.14. The standard InChI is InChI=1S/C20H24N6O3/c1-3-7-19-17(5-1)21-23-25(19)9-11-27-13-15-29-16-14-28-12-10-26-20-8-4-2-6-18(20)22-24-26/h1-8H,9-16H2. The predicted molar refractivity (Wildman–Crippen MR) is 108 cm³/mol. The molecule has 0 radical (unpaired) electrons. The molecule has 0 saturated heterocycles. The molecule has 4 rings (SSSR count). The lowest BCUT2D eigenvalue weighted by molar-refractivity contribution is 0.0113. The molecule has 0 aliphatic carbocycles. The summed E-state index contributed by atoms with van der Waals surface area (Å²) in [5, 5.41) is 16.5. The zero-order valence-corrected chi connectivity index (χ0v) is 16.2. The van der Waals surface area contributed by atoms with E-state index in [0.29, 0.717) is 52.7 Å². The average Bonchev–Trinajstić information content (AvgIpc) is 3.36. The van der Waals surface area contributed by atoms with Crippen molar-refractivity contribution in [1.29, 1.82) is 0 Å². The Kier molecular flexibility index (Phi) is 6.74. The molecule has 4 aromatic rings. The summed E-state index contributed by atoms with van der Waals surface area (Å²) in [4.78, 5) is 0. The molecule has 0 bridgehead atoms. The maximum absolute atomic E-state index is 5.60. The smallest absolute Gasteiger partial charge is 0.113 e. The van der Waals surface area contributed by atoms with E-state index < -0.39 is 0 Å². The van der Waals surface area contributed by atoms with Crippen LogP contribution in [0.25, 0.3) is 22.1 Å². The van der Waals surface area contributed by atoms with Gasteiger partial charge in [0.15, 0.2) is 0 Å². The number of nitrogens with zero attached hydrogens (tertiary/aromatic N) is 6. The molecule has 0 atom stereocenters. The molecular weight excluding hydrogens is 372 g/mol. The van der Waals surface area contributed by atoms with Crippen molar-refractivity contribution in [3.8, 4) is 0 Å². The van der Waals surface area contributed by atoms with Gasteiger partial charge in [-0.05, 0) is 24.3 Å². The molecule has 0 N–H and O–H groups in total. The molecule has 2 aromatic heterocycles. The molecule has 2 aromatic carbocycles. The summed E-state index contributed by atoms with van der Waals surface area (Å²) in [6.45, 7) is 4.62. The Bertz CT molecular complexity index is 949. The molecule has 9 heteroatoms. The normalized spacial score (nSPS) is 11.6. The van der Waals surface area contributed by atoms with Gasteiger partial charge < -0.3 is 14.2 Å². The molecule has 2 heterocycles. The van der Waals surface area contributed by atoms with Gasteiger partial charge in [-0.25, -0.2) is 9.36 Å². The Morgan fingerprint density at radius 3 is 1.45 bits per heavy atom. The maximum Gasteiger partial charge on any atom is 0.113 e. The fourth-order valence-electron chi connectivity index (χ4n) is 3.01. The largest absolute Gasteiger partial charge is 0.377 e. The van der Waals surface area contributed by atoms with Crippen LogP contribution in [-0.4, -0.2) is 69.6 Å². The molecule has 0 aliphatic rings. The van der Waals surface area contributed by atoms with Gasteiger partial charge in [0.25, 0.3) is 0 Å².